The summed E-state index contributed by atoms with van der Waals surface area (Å²) in [7, 11) is 0. The van der Waals surface area contributed by atoms with Crippen molar-refractivity contribution in [3.63, 3.8) is 0 Å². The van der Waals surface area contributed by atoms with Crippen LogP contribution in [0.1, 0.15) is 23.0 Å². The SMILES string of the molecule is C/C(=N/NC(=O)c1cc(-c2cccc([N+](=O)[O-])c2)n[nH]1)c1ccc(Br)cc1. The molecule has 1 amide bonds. The van der Waals surface area contributed by atoms with Gasteiger partial charge in [-0.3, -0.25) is 20.0 Å². The number of amides is 1. The molecule has 2 aromatic carbocycles. The van der Waals surface area contributed by atoms with E-state index in [1.54, 1.807) is 19.1 Å². The number of H-pyrrole nitrogens is 1. The van der Waals surface area contributed by atoms with Gasteiger partial charge >= 0.3 is 0 Å². The topological polar surface area (TPSA) is 113 Å². The number of hydrogen-bond donors (Lipinski definition) is 2. The van der Waals surface area contributed by atoms with Crippen molar-refractivity contribution in [2.75, 3.05) is 0 Å². The molecular formula is C18H14BrN5O3. The van der Waals surface area contributed by atoms with Crippen LogP contribution in [0.2, 0.25) is 0 Å². The van der Waals surface area contributed by atoms with E-state index >= 15 is 0 Å². The first kappa shape index (κ1) is 18.5. The number of hydrogen-bond acceptors (Lipinski definition) is 5. The van der Waals surface area contributed by atoms with Gasteiger partial charge in [-0.25, -0.2) is 5.43 Å². The average molecular weight is 428 g/mol. The number of benzene rings is 2. The highest BCUT2D eigenvalue weighted by atomic mass is 79.9. The van der Waals surface area contributed by atoms with Gasteiger partial charge in [0.2, 0.25) is 0 Å². The minimum Gasteiger partial charge on any atom is -0.272 e. The predicted molar refractivity (Wildman–Crippen MR) is 104 cm³/mol. The number of nitrogens with one attached hydrogen (secondary N) is 2. The molecule has 1 aromatic heterocycles. The fourth-order valence-corrected chi connectivity index (χ4v) is 2.58. The molecule has 0 unspecified atom stereocenters. The molecule has 3 rings (SSSR count). The second-order valence-corrected chi connectivity index (χ2v) is 6.54. The van der Waals surface area contributed by atoms with Crippen LogP contribution in [0.5, 0.6) is 0 Å². The molecule has 1 heterocycles. The van der Waals surface area contributed by atoms with Crippen molar-refractivity contribution in [1.82, 2.24) is 15.6 Å². The molecule has 2 N–H and O–H groups in total. The lowest BCUT2D eigenvalue weighted by atomic mass is 10.1. The van der Waals surface area contributed by atoms with Gasteiger partial charge in [0, 0.05) is 22.2 Å². The number of nitrogens with zero attached hydrogens (tertiary/aromatic N) is 3. The smallest absolute Gasteiger partial charge is 0.272 e. The number of non-ortho nitro benzene ring substituents is 1. The lowest BCUT2D eigenvalue weighted by Gasteiger charge is -2.02. The molecule has 0 radical (unpaired) electrons. The van der Waals surface area contributed by atoms with Crippen molar-refractivity contribution >= 4 is 33.2 Å². The average Bonchev–Trinajstić information content (AvgIpc) is 3.17. The Morgan fingerprint density at radius 1 is 1.22 bits per heavy atom. The van der Waals surface area contributed by atoms with Crippen LogP contribution < -0.4 is 5.43 Å². The van der Waals surface area contributed by atoms with Gasteiger partial charge in [0.05, 0.1) is 16.3 Å². The Kier molecular flexibility index (Phi) is 5.41. The van der Waals surface area contributed by atoms with Gasteiger partial charge in [-0.15, -0.1) is 0 Å². The number of halogens is 1. The van der Waals surface area contributed by atoms with E-state index in [1.807, 2.05) is 24.3 Å². The molecule has 27 heavy (non-hydrogen) atoms. The third-order valence-electron chi connectivity index (χ3n) is 3.76. The summed E-state index contributed by atoms with van der Waals surface area (Å²) in [4.78, 5) is 22.6. The molecular weight excluding hydrogens is 414 g/mol. The number of nitro groups is 1. The van der Waals surface area contributed by atoms with E-state index in [1.165, 1.54) is 18.2 Å². The van der Waals surface area contributed by atoms with Crippen molar-refractivity contribution in [3.8, 4) is 11.3 Å². The summed E-state index contributed by atoms with van der Waals surface area (Å²) >= 11 is 3.36. The van der Waals surface area contributed by atoms with E-state index in [4.69, 9.17) is 0 Å². The minimum absolute atomic E-state index is 0.0452. The molecule has 136 valence electrons. The fourth-order valence-electron chi connectivity index (χ4n) is 2.32. The fraction of sp³-hybridized carbons (Fsp3) is 0.0556. The largest absolute Gasteiger partial charge is 0.289 e. The van der Waals surface area contributed by atoms with E-state index in [2.05, 4.69) is 36.7 Å². The number of rotatable bonds is 5. The number of aromatic amines is 1. The first-order chi connectivity index (χ1) is 12.9. The van der Waals surface area contributed by atoms with E-state index in [0.717, 1.165) is 10.0 Å². The molecule has 0 bridgehead atoms. The van der Waals surface area contributed by atoms with Crippen LogP contribution in [-0.2, 0) is 0 Å². The van der Waals surface area contributed by atoms with Crippen molar-refractivity contribution in [3.05, 3.63) is 80.4 Å². The molecule has 0 aliphatic rings. The summed E-state index contributed by atoms with van der Waals surface area (Å²) in [5.41, 5.74) is 5.10. The first-order valence-corrected chi connectivity index (χ1v) is 8.64. The maximum atomic E-state index is 12.2. The maximum absolute atomic E-state index is 12.2. The third kappa shape index (κ3) is 4.45. The van der Waals surface area contributed by atoms with Crippen LogP contribution in [0.15, 0.2) is 64.2 Å². The lowest BCUT2D eigenvalue weighted by molar-refractivity contribution is -0.384. The van der Waals surface area contributed by atoms with Gasteiger partial charge in [-0.05, 0) is 30.7 Å². The Bertz CT molecular complexity index is 1030. The van der Waals surface area contributed by atoms with Gasteiger partial charge in [0.25, 0.3) is 11.6 Å². The Morgan fingerprint density at radius 2 is 1.96 bits per heavy atom. The summed E-state index contributed by atoms with van der Waals surface area (Å²) in [5.74, 6) is -0.462. The van der Waals surface area contributed by atoms with E-state index in [0.29, 0.717) is 17.0 Å². The highest BCUT2D eigenvalue weighted by Crippen LogP contribution is 2.22. The van der Waals surface area contributed by atoms with Crippen LogP contribution in [0.3, 0.4) is 0 Å². The van der Waals surface area contributed by atoms with E-state index in [9.17, 15) is 14.9 Å². The summed E-state index contributed by atoms with van der Waals surface area (Å²) < 4.78 is 0.953. The molecule has 0 atom stereocenters. The normalized spacial score (nSPS) is 11.3. The van der Waals surface area contributed by atoms with E-state index < -0.39 is 10.8 Å². The Morgan fingerprint density at radius 3 is 2.67 bits per heavy atom. The molecule has 0 spiro atoms. The maximum Gasteiger partial charge on any atom is 0.289 e. The van der Waals surface area contributed by atoms with Gasteiger partial charge < -0.3 is 0 Å². The zero-order valence-electron chi connectivity index (χ0n) is 14.1. The third-order valence-corrected chi connectivity index (χ3v) is 4.29. The van der Waals surface area contributed by atoms with Crippen molar-refractivity contribution < 1.29 is 9.72 Å². The molecule has 0 aliphatic carbocycles. The van der Waals surface area contributed by atoms with Crippen LogP contribution in [0.25, 0.3) is 11.3 Å². The molecule has 0 fully saturated rings. The predicted octanol–water partition coefficient (Wildman–Crippen LogP) is 3.90. The van der Waals surface area contributed by atoms with Gasteiger partial charge in [-0.2, -0.15) is 10.2 Å². The monoisotopic (exact) mass is 427 g/mol. The molecule has 0 aliphatic heterocycles. The van der Waals surface area contributed by atoms with Crippen LogP contribution in [0.4, 0.5) is 5.69 Å². The number of carbonyl (C=O) groups is 1. The highest BCUT2D eigenvalue weighted by Gasteiger charge is 2.13. The highest BCUT2D eigenvalue weighted by molar-refractivity contribution is 9.10. The molecule has 0 saturated heterocycles. The molecule has 0 saturated carbocycles. The summed E-state index contributed by atoms with van der Waals surface area (Å²) in [6, 6.07) is 15.1. The number of aromatic nitrogens is 2. The van der Waals surface area contributed by atoms with Crippen molar-refractivity contribution in [2.45, 2.75) is 6.92 Å². The lowest BCUT2D eigenvalue weighted by Crippen LogP contribution is -2.19. The Balaban J connectivity index is 1.73. The number of nitro benzene ring substituents is 1. The van der Waals surface area contributed by atoms with Crippen LogP contribution in [-0.4, -0.2) is 26.7 Å². The Labute approximate surface area is 162 Å². The number of carbonyl (C=O) groups excluding carboxylic acids is 1. The van der Waals surface area contributed by atoms with Gasteiger partial charge in [-0.1, -0.05) is 40.2 Å². The van der Waals surface area contributed by atoms with Gasteiger partial charge in [0.15, 0.2) is 0 Å². The van der Waals surface area contributed by atoms with Crippen LogP contribution in [0, 0.1) is 10.1 Å². The zero-order valence-corrected chi connectivity index (χ0v) is 15.7. The number of hydrazone groups is 1. The van der Waals surface area contributed by atoms with Crippen molar-refractivity contribution in [1.29, 1.82) is 0 Å². The molecule has 3 aromatic rings. The summed E-state index contributed by atoms with van der Waals surface area (Å²) in [6.07, 6.45) is 0. The van der Waals surface area contributed by atoms with Crippen LogP contribution >= 0.6 is 15.9 Å². The first-order valence-electron chi connectivity index (χ1n) is 7.85. The second-order valence-electron chi connectivity index (χ2n) is 5.62. The summed E-state index contributed by atoms with van der Waals surface area (Å²) in [6.45, 7) is 1.78. The quantitative estimate of drug-likeness (QED) is 0.365. The summed E-state index contributed by atoms with van der Waals surface area (Å²) in [5, 5.41) is 21.6. The minimum atomic E-state index is -0.483. The second kappa shape index (κ2) is 7.92. The van der Waals surface area contributed by atoms with Gasteiger partial charge in [0.1, 0.15) is 5.69 Å². The zero-order chi connectivity index (χ0) is 19.4. The Hall–Kier alpha value is -3.33. The standard InChI is InChI=1S/C18H14BrN5O3/c1-11(12-5-7-14(19)8-6-12)20-23-18(25)17-10-16(21-22-17)13-3-2-4-15(9-13)24(26)27/h2-10H,1H3,(H,21,22)(H,23,25)/b20-11-. The van der Waals surface area contributed by atoms with E-state index in [-0.39, 0.29) is 11.4 Å². The van der Waals surface area contributed by atoms with Crippen molar-refractivity contribution in [2.24, 2.45) is 5.10 Å². The molecule has 9 heteroatoms. The molecule has 8 nitrogen and oxygen atoms in total.